The molecular weight excluding hydrogens is 316 g/mol. The van der Waals surface area contributed by atoms with Gasteiger partial charge in [0.2, 0.25) is 10.0 Å². The maximum absolute atomic E-state index is 12.4. The standard InChI is InChI=1S/C12H18N2O5S2/c13-5-8-19-11-1-3-12(4-2-11)21(17,18)14-6-9-20(15,16)10-7-14/h1-4H,5-10,13H2. The van der Waals surface area contributed by atoms with Crippen LogP contribution in [0, 0.1) is 0 Å². The molecule has 21 heavy (non-hydrogen) atoms. The van der Waals surface area contributed by atoms with Crippen molar-refractivity contribution in [3.05, 3.63) is 24.3 Å². The van der Waals surface area contributed by atoms with E-state index < -0.39 is 19.9 Å². The second kappa shape index (κ2) is 6.30. The topological polar surface area (TPSA) is 107 Å². The smallest absolute Gasteiger partial charge is 0.243 e. The highest BCUT2D eigenvalue weighted by molar-refractivity contribution is 7.92. The van der Waals surface area contributed by atoms with Crippen LogP contribution < -0.4 is 10.5 Å². The molecule has 0 aliphatic carbocycles. The van der Waals surface area contributed by atoms with Gasteiger partial charge in [-0.1, -0.05) is 0 Å². The van der Waals surface area contributed by atoms with Crippen LogP contribution in [0.1, 0.15) is 0 Å². The fraction of sp³-hybridized carbons (Fsp3) is 0.500. The first-order valence-corrected chi connectivity index (χ1v) is 9.75. The second-order valence-electron chi connectivity index (χ2n) is 4.66. The van der Waals surface area contributed by atoms with Crippen molar-refractivity contribution in [3.8, 4) is 5.75 Å². The average Bonchev–Trinajstić information content (AvgIpc) is 2.45. The Bertz CT molecular complexity index is 669. The van der Waals surface area contributed by atoms with Crippen molar-refractivity contribution < 1.29 is 21.6 Å². The minimum absolute atomic E-state index is 0.00388. The number of sulfone groups is 1. The first-order valence-electron chi connectivity index (χ1n) is 6.49. The Morgan fingerprint density at radius 3 is 2.24 bits per heavy atom. The van der Waals surface area contributed by atoms with Gasteiger partial charge in [0.25, 0.3) is 0 Å². The Morgan fingerprint density at radius 2 is 1.71 bits per heavy atom. The molecule has 2 N–H and O–H groups in total. The van der Waals surface area contributed by atoms with Crippen LogP contribution >= 0.6 is 0 Å². The largest absolute Gasteiger partial charge is 0.492 e. The molecule has 1 aliphatic rings. The summed E-state index contributed by atoms with van der Waals surface area (Å²) in [7, 11) is -6.77. The van der Waals surface area contributed by atoms with Gasteiger partial charge in [-0.3, -0.25) is 0 Å². The first kappa shape index (κ1) is 16.2. The van der Waals surface area contributed by atoms with Crippen LogP contribution in [0.25, 0.3) is 0 Å². The second-order valence-corrected chi connectivity index (χ2v) is 8.91. The summed E-state index contributed by atoms with van der Waals surface area (Å²) in [6.07, 6.45) is 0. The average molecular weight is 334 g/mol. The lowest BCUT2D eigenvalue weighted by molar-refractivity contribution is 0.328. The molecule has 1 aromatic rings. The van der Waals surface area contributed by atoms with Crippen molar-refractivity contribution in [2.75, 3.05) is 37.7 Å². The van der Waals surface area contributed by atoms with E-state index in [0.29, 0.717) is 18.9 Å². The van der Waals surface area contributed by atoms with Crippen molar-refractivity contribution >= 4 is 19.9 Å². The van der Waals surface area contributed by atoms with Gasteiger partial charge in [-0.2, -0.15) is 4.31 Å². The number of ether oxygens (including phenoxy) is 1. The molecular formula is C12H18N2O5S2. The predicted octanol–water partition coefficient (Wildman–Crippen LogP) is -0.557. The summed E-state index contributed by atoms with van der Waals surface area (Å²) in [5.41, 5.74) is 5.32. The van der Waals surface area contributed by atoms with Crippen molar-refractivity contribution in [2.24, 2.45) is 5.73 Å². The number of sulfonamides is 1. The Hall–Kier alpha value is -1.16. The van der Waals surface area contributed by atoms with E-state index in [0.717, 1.165) is 0 Å². The summed E-state index contributed by atoms with van der Waals surface area (Å²) in [5.74, 6) is 0.272. The van der Waals surface area contributed by atoms with Crippen molar-refractivity contribution in [2.45, 2.75) is 4.90 Å². The Labute approximate surface area is 124 Å². The molecule has 0 spiro atoms. The quantitative estimate of drug-likeness (QED) is 0.774. The molecule has 0 radical (unpaired) electrons. The summed E-state index contributed by atoms with van der Waals surface area (Å²) in [5, 5.41) is 0. The highest BCUT2D eigenvalue weighted by Crippen LogP contribution is 2.21. The molecule has 0 bridgehead atoms. The molecule has 1 heterocycles. The van der Waals surface area contributed by atoms with E-state index in [1.54, 1.807) is 12.1 Å². The first-order chi connectivity index (χ1) is 9.85. The van der Waals surface area contributed by atoms with Crippen LogP contribution in [0.5, 0.6) is 5.75 Å². The summed E-state index contributed by atoms with van der Waals surface area (Å²) in [4.78, 5) is 0.127. The van der Waals surface area contributed by atoms with E-state index in [-0.39, 0.29) is 29.5 Å². The molecule has 0 aromatic heterocycles. The minimum atomic E-state index is -3.66. The summed E-state index contributed by atoms with van der Waals surface area (Å²) >= 11 is 0. The lowest BCUT2D eigenvalue weighted by Gasteiger charge is -2.25. The third-order valence-corrected chi connectivity index (χ3v) is 6.67. The monoisotopic (exact) mass is 334 g/mol. The van der Waals surface area contributed by atoms with Gasteiger partial charge in [0.1, 0.15) is 12.4 Å². The summed E-state index contributed by atoms with van der Waals surface area (Å²) in [6.45, 7) is 0.727. The van der Waals surface area contributed by atoms with Crippen molar-refractivity contribution in [1.82, 2.24) is 4.31 Å². The van der Waals surface area contributed by atoms with Gasteiger partial charge in [-0.25, -0.2) is 16.8 Å². The van der Waals surface area contributed by atoms with Gasteiger partial charge >= 0.3 is 0 Å². The molecule has 9 heteroatoms. The Morgan fingerprint density at radius 1 is 1.14 bits per heavy atom. The van der Waals surface area contributed by atoms with Crippen molar-refractivity contribution in [3.63, 3.8) is 0 Å². The van der Waals surface area contributed by atoms with Crippen LogP contribution in [-0.4, -0.2) is 58.9 Å². The minimum Gasteiger partial charge on any atom is -0.492 e. The lowest BCUT2D eigenvalue weighted by atomic mass is 10.3. The zero-order valence-electron chi connectivity index (χ0n) is 11.4. The molecule has 2 rings (SSSR count). The zero-order valence-corrected chi connectivity index (χ0v) is 13.1. The van der Waals surface area contributed by atoms with E-state index in [4.69, 9.17) is 10.5 Å². The fourth-order valence-electron chi connectivity index (χ4n) is 1.97. The van der Waals surface area contributed by atoms with Crippen LogP contribution in [0.4, 0.5) is 0 Å². The van der Waals surface area contributed by atoms with E-state index in [2.05, 4.69) is 0 Å². The highest BCUT2D eigenvalue weighted by atomic mass is 32.2. The van der Waals surface area contributed by atoms with Gasteiger partial charge in [0.15, 0.2) is 9.84 Å². The number of hydrogen-bond acceptors (Lipinski definition) is 6. The van der Waals surface area contributed by atoms with Crippen LogP contribution in [0.15, 0.2) is 29.2 Å². The van der Waals surface area contributed by atoms with E-state index in [9.17, 15) is 16.8 Å². The molecule has 1 saturated heterocycles. The maximum atomic E-state index is 12.4. The lowest BCUT2D eigenvalue weighted by Crippen LogP contribution is -2.43. The molecule has 7 nitrogen and oxygen atoms in total. The number of nitrogens with zero attached hydrogens (tertiary/aromatic N) is 1. The van der Waals surface area contributed by atoms with E-state index in [1.807, 2.05) is 0 Å². The van der Waals surface area contributed by atoms with Gasteiger partial charge in [-0.05, 0) is 24.3 Å². The van der Waals surface area contributed by atoms with Gasteiger partial charge in [-0.15, -0.1) is 0 Å². The molecule has 1 aliphatic heterocycles. The van der Waals surface area contributed by atoms with E-state index in [1.165, 1.54) is 16.4 Å². The van der Waals surface area contributed by atoms with Gasteiger partial charge in [0, 0.05) is 19.6 Å². The molecule has 0 unspecified atom stereocenters. The third kappa shape index (κ3) is 3.94. The Balaban J connectivity index is 2.12. The van der Waals surface area contributed by atoms with Crippen molar-refractivity contribution in [1.29, 1.82) is 0 Å². The molecule has 0 amide bonds. The molecule has 1 aromatic carbocycles. The summed E-state index contributed by atoms with van der Waals surface area (Å²) in [6, 6.07) is 6.01. The highest BCUT2D eigenvalue weighted by Gasteiger charge is 2.31. The van der Waals surface area contributed by atoms with E-state index >= 15 is 0 Å². The SMILES string of the molecule is NCCOc1ccc(S(=O)(=O)N2CCS(=O)(=O)CC2)cc1. The Kier molecular flexibility index (Phi) is 4.87. The van der Waals surface area contributed by atoms with Gasteiger partial charge < -0.3 is 10.5 Å². The summed E-state index contributed by atoms with van der Waals surface area (Å²) < 4.78 is 54.0. The van der Waals surface area contributed by atoms with Crippen LogP contribution in [0.2, 0.25) is 0 Å². The normalized spacial score (nSPS) is 19.3. The molecule has 118 valence electrons. The third-order valence-electron chi connectivity index (χ3n) is 3.15. The maximum Gasteiger partial charge on any atom is 0.243 e. The number of rotatable bonds is 5. The molecule has 0 saturated carbocycles. The number of benzene rings is 1. The van der Waals surface area contributed by atoms with Gasteiger partial charge in [0.05, 0.1) is 16.4 Å². The van der Waals surface area contributed by atoms with Crippen LogP contribution in [-0.2, 0) is 19.9 Å². The fourth-order valence-corrected chi connectivity index (χ4v) is 4.84. The van der Waals surface area contributed by atoms with Crippen LogP contribution in [0.3, 0.4) is 0 Å². The predicted molar refractivity (Wildman–Crippen MR) is 78.4 cm³/mol. The number of nitrogens with two attached hydrogens (primary N) is 1. The zero-order chi connectivity index (χ0) is 15.5. The molecule has 1 fully saturated rings. The molecule has 0 atom stereocenters. The number of hydrogen-bond donors (Lipinski definition) is 1.